The highest BCUT2D eigenvalue weighted by atomic mass is 35.5. The second-order valence-corrected chi connectivity index (χ2v) is 10.3. The SMILES string of the molecule is Cc1cc(CC(=O)N2CCC[C@H]2COC2CCC(C(=O)O)CC2)ccc1NC(=O)Nc1ccccc1Cl. The number of carboxylic acids is 1. The summed E-state index contributed by atoms with van der Waals surface area (Å²) >= 11 is 6.10. The van der Waals surface area contributed by atoms with Crippen molar-refractivity contribution in [1.82, 2.24) is 4.90 Å². The van der Waals surface area contributed by atoms with Gasteiger partial charge in [0, 0.05) is 12.2 Å². The van der Waals surface area contributed by atoms with Gasteiger partial charge in [-0.15, -0.1) is 0 Å². The summed E-state index contributed by atoms with van der Waals surface area (Å²) in [5, 5.41) is 15.2. The molecule has 1 atom stereocenters. The van der Waals surface area contributed by atoms with E-state index in [9.17, 15) is 14.4 Å². The molecule has 4 rings (SSSR count). The van der Waals surface area contributed by atoms with E-state index in [-0.39, 0.29) is 30.4 Å². The molecule has 2 aromatic carbocycles. The van der Waals surface area contributed by atoms with Crippen LogP contribution in [0.15, 0.2) is 42.5 Å². The average Bonchev–Trinajstić information content (AvgIpc) is 3.35. The lowest BCUT2D eigenvalue weighted by Gasteiger charge is -2.30. The number of hydrogen-bond donors (Lipinski definition) is 3. The minimum absolute atomic E-state index is 0.0558. The molecule has 8 nitrogen and oxygen atoms in total. The van der Waals surface area contributed by atoms with E-state index in [4.69, 9.17) is 21.4 Å². The van der Waals surface area contributed by atoms with Gasteiger partial charge in [-0.3, -0.25) is 9.59 Å². The van der Waals surface area contributed by atoms with E-state index in [1.54, 1.807) is 24.3 Å². The number of anilines is 2. The second kappa shape index (κ2) is 12.4. The molecule has 1 saturated carbocycles. The molecule has 0 radical (unpaired) electrons. The van der Waals surface area contributed by atoms with E-state index in [1.165, 1.54) is 0 Å². The standard InChI is InChI=1S/C28H34ClN3O5/c1-18-15-19(8-13-24(18)30-28(36)31-25-7-3-2-6-23(25)29)16-26(33)32-14-4-5-21(32)17-37-22-11-9-20(10-12-22)27(34)35/h2-3,6-8,13,15,20-22H,4-5,9-12,14,16-17H2,1H3,(H,34,35)(H2,30,31,36)/t20?,21-,22?/m0/s1. The summed E-state index contributed by atoms with van der Waals surface area (Å²) in [4.78, 5) is 38.6. The molecule has 3 amide bonds. The molecule has 1 heterocycles. The summed E-state index contributed by atoms with van der Waals surface area (Å²) in [5.74, 6) is -0.908. The molecule has 2 aromatic rings. The number of carbonyl (C=O) groups is 3. The number of carboxylic acid groups (broad SMARTS) is 1. The zero-order valence-electron chi connectivity index (χ0n) is 21.0. The molecule has 9 heteroatoms. The molecule has 0 aromatic heterocycles. The van der Waals surface area contributed by atoms with Crippen molar-refractivity contribution in [3.63, 3.8) is 0 Å². The highest BCUT2D eigenvalue weighted by molar-refractivity contribution is 6.33. The second-order valence-electron chi connectivity index (χ2n) is 9.91. The van der Waals surface area contributed by atoms with Crippen molar-refractivity contribution in [2.45, 2.75) is 64.0 Å². The number of hydrogen-bond acceptors (Lipinski definition) is 4. The zero-order valence-corrected chi connectivity index (χ0v) is 21.8. The smallest absolute Gasteiger partial charge is 0.323 e. The van der Waals surface area contributed by atoms with Crippen molar-refractivity contribution in [1.29, 1.82) is 0 Å². The van der Waals surface area contributed by atoms with E-state index in [0.717, 1.165) is 43.4 Å². The van der Waals surface area contributed by atoms with Crippen LogP contribution in [0, 0.1) is 12.8 Å². The van der Waals surface area contributed by atoms with Gasteiger partial charge in [0.05, 0.1) is 41.8 Å². The fourth-order valence-electron chi connectivity index (χ4n) is 5.15. The number of nitrogens with zero attached hydrogens (tertiary/aromatic N) is 1. The number of likely N-dealkylation sites (tertiary alicyclic amines) is 1. The van der Waals surface area contributed by atoms with E-state index in [0.29, 0.717) is 35.8 Å². The van der Waals surface area contributed by atoms with Gasteiger partial charge < -0.3 is 25.4 Å². The molecule has 0 unspecified atom stereocenters. The summed E-state index contributed by atoms with van der Waals surface area (Å²) in [6.07, 6.45) is 5.05. The first-order valence-corrected chi connectivity index (χ1v) is 13.2. The number of carbonyl (C=O) groups excluding carboxylic acids is 2. The predicted octanol–water partition coefficient (Wildman–Crippen LogP) is 5.49. The van der Waals surface area contributed by atoms with Crippen LogP contribution in [0.5, 0.6) is 0 Å². The van der Waals surface area contributed by atoms with Gasteiger partial charge in [-0.25, -0.2) is 4.79 Å². The fraction of sp³-hybridized carbons (Fsp3) is 0.464. The number of urea groups is 1. The first kappa shape index (κ1) is 26.9. The largest absolute Gasteiger partial charge is 0.481 e. The Balaban J connectivity index is 1.27. The van der Waals surface area contributed by atoms with Gasteiger partial charge in [0.15, 0.2) is 0 Å². The van der Waals surface area contributed by atoms with E-state index < -0.39 is 12.0 Å². The maximum absolute atomic E-state index is 13.1. The molecule has 198 valence electrons. The lowest BCUT2D eigenvalue weighted by atomic mass is 9.87. The van der Waals surface area contributed by atoms with E-state index in [1.807, 2.05) is 30.0 Å². The number of nitrogens with one attached hydrogen (secondary N) is 2. The molecule has 37 heavy (non-hydrogen) atoms. The number of halogens is 1. The molecule has 2 aliphatic rings. The zero-order chi connectivity index (χ0) is 26.4. The Bertz CT molecular complexity index is 1130. The number of amides is 3. The molecule has 2 fully saturated rings. The lowest BCUT2D eigenvalue weighted by molar-refractivity contribution is -0.144. The van der Waals surface area contributed by atoms with Gasteiger partial charge in [-0.1, -0.05) is 35.9 Å². The van der Waals surface area contributed by atoms with Crippen LogP contribution >= 0.6 is 11.6 Å². The first-order valence-electron chi connectivity index (χ1n) is 12.9. The van der Waals surface area contributed by atoms with Gasteiger partial charge >= 0.3 is 12.0 Å². The van der Waals surface area contributed by atoms with Crippen molar-refractivity contribution in [2.75, 3.05) is 23.8 Å². The third-order valence-electron chi connectivity index (χ3n) is 7.26. The number of benzene rings is 2. The Hall–Kier alpha value is -3.10. The average molecular weight is 528 g/mol. The topological polar surface area (TPSA) is 108 Å². The van der Waals surface area contributed by atoms with Crippen LogP contribution < -0.4 is 10.6 Å². The highest BCUT2D eigenvalue weighted by Crippen LogP contribution is 2.28. The van der Waals surface area contributed by atoms with Crippen molar-refractivity contribution in [3.05, 3.63) is 58.6 Å². The van der Waals surface area contributed by atoms with Gasteiger partial charge in [-0.2, -0.15) is 0 Å². The van der Waals surface area contributed by atoms with Crippen LogP contribution in [0.3, 0.4) is 0 Å². The molecular formula is C28H34ClN3O5. The maximum Gasteiger partial charge on any atom is 0.323 e. The molecule has 1 saturated heterocycles. The van der Waals surface area contributed by atoms with Crippen LogP contribution in [-0.2, 0) is 20.7 Å². The van der Waals surface area contributed by atoms with Crippen molar-refractivity contribution in [3.8, 4) is 0 Å². The van der Waals surface area contributed by atoms with Crippen LogP contribution in [0.2, 0.25) is 5.02 Å². The van der Waals surface area contributed by atoms with Crippen LogP contribution in [-0.4, -0.2) is 53.2 Å². The van der Waals surface area contributed by atoms with Gasteiger partial charge in [0.1, 0.15) is 0 Å². The summed E-state index contributed by atoms with van der Waals surface area (Å²) in [7, 11) is 0. The molecule has 3 N–H and O–H groups in total. The molecular weight excluding hydrogens is 494 g/mol. The minimum atomic E-state index is -0.717. The van der Waals surface area contributed by atoms with Crippen LogP contribution in [0.25, 0.3) is 0 Å². The number of rotatable bonds is 8. The molecule has 0 bridgehead atoms. The predicted molar refractivity (Wildman–Crippen MR) is 143 cm³/mol. The minimum Gasteiger partial charge on any atom is -0.481 e. The number of para-hydroxylation sites is 1. The van der Waals surface area contributed by atoms with E-state index >= 15 is 0 Å². The summed E-state index contributed by atoms with van der Waals surface area (Å²) in [6.45, 7) is 3.11. The molecule has 1 aliphatic heterocycles. The van der Waals surface area contributed by atoms with Gasteiger partial charge in [0.25, 0.3) is 0 Å². The summed E-state index contributed by atoms with van der Waals surface area (Å²) in [6, 6.07) is 12.3. The number of aryl methyl sites for hydroxylation is 1. The van der Waals surface area contributed by atoms with Gasteiger partial charge in [0.2, 0.25) is 5.91 Å². The van der Waals surface area contributed by atoms with Gasteiger partial charge in [-0.05, 0) is 74.8 Å². The van der Waals surface area contributed by atoms with Crippen molar-refractivity contribution in [2.24, 2.45) is 5.92 Å². The Labute approximate surface area is 222 Å². The quantitative estimate of drug-likeness (QED) is 0.421. The third-order valence-corrected chi connectivity index (χ3v) is 7.59. The van der Waals surface area contributed by atoms with Crippen molar-refractivity contribution < 1.29 is 24.2 Å². The Kier molecular flexibility index (Phi) is 9.05. The third kappa shape index (κ3) is 7.23. The Morgan fingerprint density at radius 2 is 1.76 bits per heavy atom. The first-order chi connectivity index (χ1) is 17.8. The lowest BCUT2D eigenvalue weighted by Crippen LogP contribution is -2.40. The summed E-state index contributed by atoms with van der Waals surface area (Å²) in [5.41, 5.74) is 2.93. The molecule has 0 spiro atoms. The normalized spacial score (nSPS) is 21.5. The number of ether oxygens (including phenoxy) is 1. The highest BCUT2D eigenvalue weighted by Gasteiger charge is 2.31. The van der Waals surface area contributed by atoms with Crippen molar-refractivity contribution >= 4 is 40.9 Å². The van der Waals surface area contributed by atoms with Crippen LogP contribution in [0.1, 0.15) is 49.7 Å². The Morgan fingerprint density at radius 3 is 2.46 bits per heavy atom. The summed E-state index contributed by atoms with van der Waals surface area (Å²) < 4.78 is 6.11. The molecule has 1 aliphatic carbocycles. The van der Waals surface area contributed by atoms with Crippen LogP contribution in [0.4, 0.5) is 16.2 Å². The Morgan fingerprint density at radius 1 is 1.03 bits per heavy atom. The fourth-order valence-corrected chi connectivity index (χ4v) is 5.33. The monoisotopic (exact) mass is 527 g/mol. The number of aliphatic carboxylic acids is 1. The van der Waals surface area contributed by atoms with E-state index in [2.05, 4.69) is 10.6 Å². The maximum atomic E-state index is 13.1.